The van der Waals surface area contributed by atoms with Crippen molar-refractivity contribution in [2.45, 2.75) is 50.2 Å². The summed E-state index contributed by atoms with van der Waals surface area (Å²) in [5, 5.41) is 3.46. The summed E-state index contributed by atoms with van der Waals surface area (Å²) in [6.45, 7) is 0. The van der Waals surface area contributed by atoms with Gasteiger partial charge in [-0.25, -0.2) is 0 Å². The number of halogens is 1. The van der Waals surface area contributed by atoms with Crippen LogP contribution in [0.25, 0.3) is 0 Å². The van der Waals surface area contributed by atoms with Gasteiger partial charge in [0.15, 0.2) is 0 Å². The SMILES string of the molecule is CNC1CC2(CCCCC2)Oc2cc(Br)ccc21. The maximum atomic E-state index is 6.40. The van der Waals surface area contributed by atoms with Crippen molar-refractivity contribution in [3.63, 3.8) is 0 Å². The average Bonchev–Trinajstić information content (AvgIpc) is 2.38. The molecule has 0 radical (unpaired) electrons. The Kier molecular flexibility index (Phi) is 3.37. The Morgan fingerprint density at radius 1 is 1.28 bits per heavy atom. The molecule has 18 heavy (non-hydrogen) atoms. The molecular weight excluding hydrogens is 290 g/mol. The molecule has 98 valence electrons. The van der Waals surface area contributed by atoms with Gasteiger partial charge in [0.2, 0.25) is 0 Å². The van der Waals surface area contributed by atoms with Gasteiger partial charge in [0.05, 0.1) is 0 Å². The number of hydrogen-bond donors (Lipinski definition) is 1. The molecular formula is C15H20BrNO. The van der Waals surface area contributed by atoms with Crippen LogP contribution in [0.2, 0.25) is 0 Å². The third-order valence-corrected chi connectivity index (χ3v) is 4.86. The van der Waals surface area contributed by atoms with Crippen LogP contribution in [-0.4, -0.2) is 12.6 Å². The summed E-state index contributed by atoms with van der Waals surface area (Å²) < 4.78 is 7.50. The molecule has 1 heterocycles. The van der Waals surface area contributed by atoms with E-state index in [1.807, 2.05) is 0 Å². The van der Waals surface area contributed by atoms with E-state index < -0.39 is 0 Å². The molecule has 1 aromatic carbocycles. The van der Waals surface area contributed by atoms with Crippen molar-refractivity contribution in [1.29, 1.82) is 0 Å². The second kappa shape index (κ2) is 4.86. The largest absolute Gasteiger partial charge is 0.487 e. The monoisotopic (exact) mass is 309 g/mol. The van der Waals surface area contributed by atoms with Gasteiger partial charge in [0.1, 0.15) is 11.4 Å². The maximum absolute atomic E-state index is 6.40. The number of nitrogens with one attached hydrogen (secondary N) is 1. The summed E-state index contributed by atoms with van der Waals surface area (Å²) in [7, 11) is 2.05. The molecule has 1 N–H and O–H groups in total. The van der Waals surface area contributed by atoms with E-state index in [9.17, 15) is 0 Å². The van der Waals surface area contributed by atoms with Gasteiger partial charge < -0.3 is 10.1 Å². The molecule has 1 aliphatic carbocycles. The van der Waals surface area contributed by atoms with Crippen molar-refractivity contribution in [3.05, 3.63) is 28.2 Å². The second-order valence-corrected chi connectivity index (χ2v) is 6.49. The van der Waals surface area contributed by atoms with E-state index in [1.54, 1.807) is 0 Å². The first-order valence-electron chi connectivity index (χ1n) is 6.88. The van der Waals surface area contributed by atoms with E-state index >= 15 is 0 Å². The fraction of sp³-hybridized carbons (Fsp3) is 0.600. The summed E-state index contributed by atoms with van der Waals surface area (Å²) in [5.74, 6) is 1.07. The summed E-state index contributed by atoms with van der Waals surface area (Å²) in [4.78, 5) is 0. The smallest absolute Gasteiger partial charge is 0.126 e. The number of rotatable bonds is 1. The molecule has 1 aliphatic heterocycles. The average molecular weight is 310 g/mol. The van der Waals surface area contributed by atoms with Crippen molar-refractivity contribution < 1.29 is 4.74 Å². The zero-order chi connectivity index (χ0) is 12.6. The Morgan fingerprint density at radius 3 is 2.78 bits per heavy atom. The van der Waals surface area contributed by atoms with Gasteiger partial charge in [0, 0.05) is 22.5 Å². The molecule has 1 aromatic rings. The lowest BCUT2D eigenvalue weighted by atomic mass is 9.77. The van der Waals surface area contributed by atoms with Crippen LogP contribution in [0.15, 0.2) is 22.7 Å². The van der Waals surface area contributed by atoms with E-state index in [-0.39, 0.29) is 5.60 Å². The molecule has 1 unspecified atom stereocenters. The maximum Gasteiger partial charge on any atom is 0.126 e. The fourth-order valence-electron chi connectivity index (χ4n) is 3.40. The van der Waals surface area contributed by atoms with Gasteiger partial charge in [-0.2, -0.15) is 0 Å². The first-order valence-corrected chi connectivity index (χ1v) is 7.67. The third-order valence-electron chi connectivity index (χ3n) is 4.37. The highest BCUT2D eigenvalue weighted by Gasteiger charge is 2.41. The molecule has 3 heteroatoms. The summed E-state index contributed by atoms with van der Waals surface area (Å²) in [6.07, 6.45) is 7.49. The quantitative estimate of drug-likeness (QED) is 0.839. The van der Waals surface area contributed by atoms with Crippen molar-refractivity contribution in [2.24, 2.45) is 0 Å². The van der Waals surface area contributed by atoms with Gasteiger partial charge >= 0.3 is 0 Å². The van der Waals surface area contributed by atoms with Crippen LogP contribution in [0.3, 0.4) is 0 Å². The number of fused-ring (bicyclic) bond motifs is 1. The Bertz CT molecular complexity index is 440. The minimum Gasteiger partial charge on any atom is -0.487 e. The lowest BCUT2D eigenvalue weighted by Gasteiger charge is -2.44. The van der Waals surface area contributed by atoms with E-state index in [2.05, 4.69) is 46.5 Å². The zero-order valence-corrected chi connectivity index (χ0v) is 12.4. The summed E-state index contributed by atoms with van der Waals surface area (Å²) in [6, 6.07) is 6.83. The molecule has 0 bridgehead atoms. The molecule has 0 amide bonds. The molecule has 1 saturated carbocycles. The first kappa shape index (κ1) is 12.5. The van der Waals surface area contributed by atoms with Gasteiger partial charge in [-0.15, -0.1) is 0 Å². The van der Waals surface area contributed by atoms with Gasteiger partial charge in [-0.3, -0.25) is 0 Å². The van der Waals surface area contributed by atoms with Gasteiger partial charge in [-0.05, 0) is 44.9 Å². The topological polar surface area (TPSA) is 21.3 Å². The number of ether oxygens (including phenoxy) is 1. The van der Waals surface area contributed by atoms with E-state index in [0.717, 1.165) is 16.6 Å². The highest BCUT2D eigenvalue weighted by molar-refractivity contribution is 9.10. The van der Waals surface area contributed by atoms with Crippen molar-refractivity contribution in [1.82, 2.24) is 5.32 Å². The van der Waals surface area contributed by atoms with Crippen LogP contribution in [0.5, 0.6) is 5.75 Å². The summed E-state index contributed by atoms with van der Waals surface area (Å²) >= 11 is 3.54. The van der Waals surface area contributed by atoms with Crippen LogP contribution in [0.1, 0.15) is 50.1 Å². The molecule has 1 atom stereocenters. The van der Waals surface area contributed by atoms with Crippen LogP contribution in [-0.2, 0) is 0 Å². The van der Waals surface area contributed by atoms with E-state index in [4.69, 9.17) is 4.74 Å². The van der Waals surface area contributed by atoms with Crippen molar-refractivity contribution in [3.8, 4) is 5.75 Å². The molecule has 3 rings (SSSR count). The van der Waals surface area contributed by atoms with Crippen LogP contribution >= 0.6 is 15.9 Å². The number of benzene rings is 1. The predicted molar refractivity (Wildman–Crippen MR) is 77.0 cm³/mol. The Hall–Kier alpha value is -0.540. The van der Waals surface area contributed by atoms with Gasteiger partial charge in [-0.1, -0.05) is 28.4 Å². The van der Waals surface area contributed by atoms with E-state index in [1.165, 1.54) is 37.7 Å². The standard InChI is InChI=1S/C15H20BrNO/c1-17-13-10-15(7-3-2-4-8-15)18-14-9-11(16)5-6-12(13)14/h5-6,9,13,17H,2-4,7-8,10H2,1H3. The molecule has 2 nitrogen and oxygen atoms in total. The van der Waals surface area contributed by atoms with Crippen LogP contribution in [0.4, 0.5) is 0 Å². The minimum absolute atomic E-state index is 0.0831. The molecule has 2 aliphatic rings. The lowest BCUT2D eigenvalue weighted by molar-refractivity contribution is -0.00181. The Morgan fingerprint density at radius 2 is 2.06 bits per heavy atom. The normalized spacial score (nSPS) is 25.6. The molecule has 1 spiro atoms. The Balaban J connectivity index is 1.97. The van der Waals surface area contributed by atoms with Crippen LogP contribution < -0.4 is 10.1 Å². The highest BCUT2D eigenvalue weighted by atomic mass is 79.9. The van der Waals surface area contributed by atoms with Crippen molar-refractivity contribution >= 4 is 15.9 Å². The zero-order valence-electron chi connectivity index (χ0n) is 10.8. The second-order valence-electron chi connectivity index (χ2n) is 5.57. The summed E-state index contributed by atoms with van der Waals surface area (Å²) in [5.41, 5.74) is 1.39. The van der Waals surface area contributed by atoms with Crippen molar-refractivity contribution in [2.75, 3.05) is 7.05 Å². The molecule has 0 saturated heterocycles. The van der Waals surface area contributed by atoms with E-state index in [0.29, 0.717) is 6.04 Å². The molecule has 1 fully saturated rings. The minimum atomic E-state index is 0.0831. The fourth-order valence-corrected chi connectivity index (χ4v) is 3.74. The first-order chi connectivity index (χ1) is 8.72. The highest BCUT2D eigenvalue weighted by Crippen LogP contribution is 2.46. The predicted octanol–water partition coefficient (Wildman–Crippen LogP) is 4.20. The van der Waals surface area contributed by atoms with Crippen LogP contribution in [0, 0.1) is 0 Å². The number of hydrogen-bond acceptors (Lipinski definition) is 2. The third kappa shape index (κ3) is 2.19. The van der Waals surface area contributed by atoms with Gasteiger partial charge in [0.25, 0.3) is 0 Å². The lowest BCUT2D eigenvalue weighted by Crippen LogP contribution is -2.45. The molecule has 0 aromatic heterocycles. The Labute approximate surface area is 117 Å².